The zero-order chi connectivity index (χ0) is 18.4. The van der Waals surface area contributed by atoms with Crippen molar-refractivity contribution in [2.45, 2.75) is 52.1 Å². The minimum Gasteiger partial charge on any atom is -0.450 e. The van der Waals surface area contributed by atoms with Crippen LogP contribution in [-0.4, -0.2) is 53.2 Å². The molecule has 0 radical (unpaired) electrons. The first-order chi connectivity index (χ1) is 11.8. The second-order valence-electron chi connectivity index (χ2n) is 7.24. The number of likely N-dealkylation sites (tertiary alicyclic amines) is 1. The molecule has 0 bridgehead atoms. The van der Waals surface area contributed by atoms with Crippen LogP contribution >= 0.6 is 0 Å². The number of pyridine rings is 1. The molecule has 0 unspecified atom stereocenters. The summed E-state index contributed by atoms with van der Waals surface area (Å²) in [4.78, 5) is 29.8. The maximum atomic E-state index is 12.2. The molecule has 0 aliphatic carbocycles. The first kappa shape index (κ1) is 19.0. The zero-order valence-corrected chi connectivity index (χ0v) is 15.5. The Hall–Kier alpha value is -2.31. The van der Waals surface area contributed by atoms with E-state index in [0.717, 1.165) is 18.5 Å². The first-order valence-corrected chi connectivity index (χ1v) is 8.75. The van der Waals surface area contributed by atoms with Crippen LogP contribution in [0.2, 0.25) is 0 Å². The summed E-state index contributed by atoms with van der Waals surface area (Å²) in [6, 6.07) is 3.87. The number of ether oxygens (including phenoxy) is 1. The van der Waals surface area contributed by atoms with Gasteiger partial charge in [-0.2, -0.15) is 0 Å². The second-order valence-corrected chi connectivity index (χ2v) is 7.24. The number of hydrogen-bond acceptors (Lipinski definition) is 5. The highest BCUT2D eigenvalue weighted by Gasteiger charge is 2.23. The SMILES string of the molecule is CCOC(=O)N1CCC(Nc2ccnc(C(=O)NC(C)(C)C)c2)CC1. The highest BCUT2D eigenvalue weighted by Crippen LogP contribution is 2.18. The maximum Gasteiger partial charge on any atom is 0.409 e. The molecular formula is C18H28N4O3. The van der Waals surface area contributed by atoms with Crippen molar-refractivity contribution in [1.82, 2.24) is 15.2 Å². The molecule has 1 aliphatic heterocycles. The van der Waals surface area contributed by atoms with Crippen molar-refractivity contribution in [3.05, 3.63) is 24.0 Å². The third-order valence-electron chi connectivity index (χ3n) is 3.87. The summed E-state index contributed by atoms with van der Waals surface area (Å²) in [7, 11) is 0. The lowest BCUT2D eigenvalue weighted by atomic mass is 10.0. The van der Waals surface area contributed by atoms with Crippen molar-refractivity contribution in [3.63, 3.8) is 0 Å². The summed E-state index contributed by atoms with van der Waals surface area (Å²) >= 11 is 0. The highest BCUT2D eigenvalue weighted by molar-refractivity contribution is 5.93. The molecule has 1 aromatic rings. The van der Waals surface area contributed by atoms with E-state index in [2.05, 4.69) is 15.6 Å². The Morgan fingerprint density at radius 3 is 2.60 bits per heavy atom. The van der Waals surface area contributed by atoms with Crippen LogP contribution in [0.3, 0.4) is 0 Å². The van der Waals surface area contributed by atoms with Crippen molar-refractivity contribution in [3.8, 4) is 0 Å². The number of hydrogen-bond donors (Lipinski definition) is 2. The Labute approximate surface area is 149 Å². The number of aromatic nitrogens is 1. The van der Waals surface area contributed by atoms with Crippen molar-refractivity contribution in [2.24, 2.45) is 0 Å². The van der Waals surface area contributed by atoms with Crippen LogP contribution in [0.4, 0.5) is 10.5 Å². The van der Waals surface area contributed by atoms with E-state index in [-0.39, 0.29) is 23.6 Å². The lowest BCUT2D eigenvalue weighted by Crippen LogP contribution is -2.42. The van der Waals surface area contributed by atoms with Crippen LogP contribution < -0.4 is 10.6 Å². The Morgan fingerprint density at radius 2 is 2.00 bits per heavy atom. The summed E-state index contributed by atoms with van der Waals surface area (Å²) < 4.78 is 5.03. The molecule has 2 rings (SSSR count). The van der Waals surface area contributed by atoms with Gasteiger partial charge in [0.2, 0.25) is 0 Å². The topological polar surface area (TPSA) is 83.6 Å². The zero-order valence-electron chi connectivity index (χ0n) is 15.5. The van der Waals surface area contributed by atoms with E-state index in [4.69, 9.17) is 4.74 Å². The van der Waals surface area contributed by atoms with E-state index in [1.54, 1.807) is 17.2 Å². The van der Waals surface area contributed by atoms with Gasteiger partial charge < -0.3 is 20.3 Å². The molecule has 2 N–H and O–H groups in total. The molecule has 2 amide bonds. The van der Waals surface area contributed by atoms with Crippen LogP contribution in [-0.2, 0) is 4.74 Å². The predicted octanol–water partition coefficient (Wildman–Crippen LogP) is 2.64. The lowest BCUT2D eigenvalue weighted by Gasteiger charge is -2.32. The van der Waals surface area contributed by atoms with Crippen LogP contribution in [0, 0.1) is 0 Å². The molecule has 0 spiro atoms. The van der Waals surface area contributed by atoms with Crippen molar-refractivity contribution in [2.75, 3.05) is 25.0 Å². The van der Waals surface area contributed by atoms with Crippen LogP contribution in [0.1, 0.15) is 51.0 Å². The Morgan fingerprint density at radius 1 is 1.32 bits per heavy atom. The fourth-order valence-electron chi connectivity index (χ4n) is 2.71. The summed E-state index contributed by atoms with van der Waals surface area (Å²) in [6.45, 7) is 9.34. The predicted molar refractivity (Wildman–Crippen MR) is 96.7 cm³/mol. The van der Waals surface area contributed by atoms with Crippen molar-refractivity contribution in [1.29, 1.82) is 0 Å². The van der Waals surface area contributed by atoms with E-state index in [9.17, 15) is 9.59 Å². The number of piperidine rings is 1. The van der Waals surface area contributed by atoms with Crippen LogP contribution in [0.5, 0.6) is 0 Å². The molecule has 7 heteroatoms. The molecule has 0 saturated carbocycles. The van der Waals surface area contributed by atoms with Gasteiger partial charge in [-0.15, -0.1) is 0 Å². The molecule has 0 aromatic carbocycles. The third kappa shape index (κ3) is 5.92. The number of carbonyl (C=O) groups excluding carboxylic acids is 2. The van der Waals surface area contributed by atoms with E-state index in [0.29, 0.717) is 25.4 Å². The van der Waals surface area contributed by atoms with Gasteiger partial charge in [0.1, 0.15) is 5.69 Å². The number of carbonyl (C=O) groups is 2. The van der Waals surface area contributed by atoms with Crippen LogP contribution in [0.15, 0.2) is 18.3 Å². The second kappa shape index (κ2) is 8.18. The fraction of sp³-hybridized carbons (Fsp3) is 0.611. The first-order valence-electron chi connectivity index (χ1n) is 8.75. The Bertz CT molecular complexity index is 605. The average Bonchev–Trinajstić information content (AvgIpc) is 2.54. The van der Waals surface area contributed by atoms with Gasteiger partial charge >= 0.3 is 6.09 Å². The smallest absolute Gasteiger partial charge is 0.409 e. The molecule has 2 heterocycles. The number of rotatable bonds is 4. The van der Waals surface area contributed by atoms with Gasteiger partial charge in [-0.25, -0.2) is 4.79 Å². The molecule has 138 valence electrons. The maximum absolute atomic E-state index is 12.2. The molecule has 1 aromatic heterocycles. The van der Waals surface area contributed by atoms with Gasteiger partial charge in [0.15, 0.2) is 0 Å². The van der Waals surface area contributed by atoms with E-state index < -0.39 is 0 Å². The van der Waals surface area contributed by atoms with Crippen LogP contribution in [0.25, 0.3) is 0 Å². The molecule has 1 saturated heterocycles. The number of nitrogens with zero attached hydrogens (tertiary/aromatic N) is 2. The average molecular weight is 348 g/mol. The van der Waals surface area contributed by atoms with Gasteiger partial charge in [0, 0.05) is 36.6 Å². The van der Waals surface area contributed by atoms with Gasteiger partial charge in [-0.1, -0.05) is 0 Å². The van der Waals surface area contributed by atoms with Gasteiger partial charge in [0.05, 0.1) is 6.61 Å². The van der Waals surface area contributed by atoms with E-state index in [1.165, 1.54) is 0 Å². The summed E-state index contributed by atoms with van der Waals surface area (Å²) in [5.41, 5.74) is 0.954. The molecule has 25 heavy (non-hydrogen) atoms. The quantitative estimate of drug-likeness (QED) is 0.874. The van der Waals surface area contributed by atoms with E-state index >= 15 is 0 Å². The number of amides is 2. The minimum absolute atomic E-state index is 0.187. The summed E-state index contributed by atoms with van der Waals surface area (Å²) in [5.74, 6) is -0.187. The van der Waals surface area contributed by atoms with Gasteiger partial charge in [-0.3, -0.25) is 9.78 Å². The van der Waals surface area contributed by atoms with Crippen molar-refractivity contribution >= 4 is 17.7 Å². The normalized spacial score (nSPS) is 15.6. The molecule has 1 fully saturated rings. The monoisotopic (exact) mass is 348 g/mol. The number of anilines is 1. The Balaban J connectivity index is 1.91. The van der Waals surface area contributed by atoms with Gasteiger partial charge in [-0.05, 0) is 52.7 Å². The molecule has 7 nitrogen and oxygen atoms in total. The van der Waals surface area contributed by atoms with E-state index in [1.807, 2.05) is 33.8 Å². The highest BCUT2D eigenvalue weighted by atomic mass is 16.6. The largest absolute Gasteiger partial charge is 0.450 e. The number of nitrogens with one attached hydrogen (secondary N) is 2. The van der Waals surface area contributed by atoms with Gasteiger partial charge in [0.25, 0.3) is 5.91 Å². The van der Waals surface area contributed by atoms with Crippen molar-refractivity contribution < 1.29 is 14.3 Å². The summed E-state index contributed by atoms with van der Waals surface area (Å²) in [5, 5.41) is 6.34. The Kier molecular flexibility index (Phi) is 6.22. The fourth-order valence-corrected chi connectivity index (χ4v) is 2.71. The minimum atomic E-state index is -0.303. The standard InChI is InChI=1S/C18H28N4O3/c1-5-25-17(24)22-10-7-13(8-11-22)20-14-6-9-19-15(12-14)16(23)21-18(2,3)4/h6,9,12-13H,5,7-8,10-11H2,1-4H3,(H,19,20)(H,21,23). The molecular weight excluding hydrogens is 320 g/mol. The molecule has 0 atom stereocenters. The summed E-state index contributed by atoms with van der Waals surface area (Å²) in [6.07, 6.45) is 3.06. The third-order valence-corrected chi connectivity index (χ3v) is 3.87. The lowest BCUT2D eigenvalue weighted by molar-refractivity contribution is 0.0913. The molecule has 1 aliphatic rings.